The van der Waals surface area contributed by atoms with Crippen LogP contribution in [0.15, 0.2) is 12.4 Å². The number of nitrogens with zero attached hydrogens (tertiary/aromatic N) is 1. The fourth-order valence-corrected chi connectivity index (χ4v) is 2.04. The van der Waals surface area contributed by atoms with Crippen molar-refractivity contribution in [3.8, 4) is 0 Å². The summed E-state index contributed by atoms with van der Waals surface area (Å²) in [5.41, 5.74) is 0.722. The van der Waals surface area contributed by atoms with E-state index in [0.717, 1.165) is 5.95 Å². The highest BCUT2D eigenvalue weighted by Crippen LogP contribution is 2.63. The summed E-state index contributed by atoms with van der Waals surface area (Å²) in [4.78, 5) is 7.22. The summed E-state index contributed by atoms with van der Waals surface area (Å²) in [6.07, 6.45) is 3.61. The molecule has 0 atom stereocenters. The second-order valence-corrected chi connectivity index (χ2v) is 4.96. The minimum atomic E-state index is 0.361. The normalized spacial score (nSPS) is 24.3. The van der Waals surface area contributed by atoms with Crippen molar-refractivity contribution in [1.29, 1.82) is 0 Å². The number of rotatable bonds is 2. The van der Waals surface area contributed by atoms with Gasteiger partial charge in [-0.15, -0.1) is 0 Å². The molecule has 2 rings (SSSR count). The maximum absolute atomic E-state index is 4.16. The number of nitrogens with one attached hydrogen (secondary N) is 2. The minimum Gasteiger partial charge on any atom is -0.352 e. The first-order valence-electron chi connectivity index (χ1n) is 4.72. The molecule has 2 N–H and O–H groups in total. The Balaban J connectivity index is 2.07. The van der Waals surface area contributed by atoms with E-state index in [1.54, 1.807) is 6.20 Å². The molecule has 0 aromatic carbocycles. The fraction of sp³-hybridized carbons (Fsp3) is 0.700. The van der Waals surface area contributed by atoms with Crippen LogP contribution in [0.2, 0.25) is 0 Å². The van der Waals surface area contributed by atoms with Crippen molar-refractivity contribution in [3.63, 3.8) is 0 Å². The largest absolute Gasteiger partial charge is 0.352 e. The van der Waals surface area contributed by atoms with Gasteiger partial charge in [0.1, 0.15) is 0 Å². The van der Waals surface area contributed by atoms with Crippen LogP contribution in [0, 0.1) is 10.8 Å². The van der Waals surface area contributed by atoms with Crippen molar-refractivity contribution in [3.05, 3.63) is 12.4 Å². The second kappa shape index (κ2) is 2.28. The highest BCUT2D eigenvalue weighted by molar-refractivity contribution is 5.35. The molecule has 0 radical (unpaired) electrons. The number of anilines is 1. The standard InChI is InChI=1S/C10H17N3/c1-9(2)7(10(9,3)4)13-8-11-5-6-12-8/h5-7H,1-4H3,(H2,11,12,13). The summed E-state index contributed by atoms with van der Waals surface area (Å²) in [6, 6.07) is 0.520. The zero-order valence-electron chi connectivity index (χ0n) is 8.68. The van der Waals surface area contributed by atoms with Gasteiger partial charge < -0.3 is 10.3 Å². The van der Waals surface area contributed by atoms with Crippen LogP contribution in [-0.2, 0) is 0 Å². The van der Waals surface area contributed by atoms with E-state index in [2.05, 4.69) is 43.0 Å². The number of imidazole rings is 1. The van der Waals surface area contributed by atoms with Gasteiger partial charge in [0.05, 0.1) is 0 Å². The Kier molecular flexibility index (Phi) is 1.51. The van der Waals surface area contributed by atoms with Gasteiger partial charge in [-0.2, -0.15) is 0 Å². The molecule has 0 aliphatic heterocycles. The Bertz CT molecular complexity index is 284. The average Bonchev–Trinajstić information content (AvgIpc) is 2.44. The molecule has 1 aliphatic carbocycles. The monoisotopic (exact) mass is 179 g/mol. The number of aromatic nitrogens is 2. The van der Waals surface area contributed by atoms with Gasteiger partial charge in [-0.05, 0) is 10.8 Å². The van der Waals surface area contributed by atoms with E-state index < -0.39 is 0 Å². The highest BCUT2D eigenvalue weighted by atomic mass is 15.2. The lowest BCUT2D eigenvalue weighted by Crippen LogP contribution is -2.10. The van der Waals surface area contributed by atoms with Crippen molar-refractivity contribution < 1.29 is 0 Å². The number of hydrogen-bond acceptors (Lipinski definition) is 2. The molecular formula is C10H17N3. The maximum atomic E-state index is 4.16. The van der Waals surface area contributed by atoms with Crippen molar-refractivity contribution in [2.75, 3.05) is 5.32 Å². The Morgan fingerprint density at radius 2 is 1.92 bits per heavy atom. The molecular weight excluding hydrogens is 162 g/mol. The maximum Gasteiger partial charge on any atom is 0.200 e. The molecule has 3 heteroatoms. The molecule has 3 nitrogen and oxygen atoms in total. The van der Waals surface area contributed by atoms with Crippen LogP contribution < -0.4 is 5.32 Å². The second-order valence-electron chi connectivity index (χ2n) is 4.96. The van der Waals surface area contributed by atoms with Crippen LogP contribution in [0.1, 0.15) is 27.7 Å². The molecule has 1 aliphatic rings. The van der Waals surface area contributed by atoms with E-state index in [1.165, 1.54) is 0 Å². The lowest BCUT2D eigenvalue weighted by molar-refractivity contribution is 0.457. The third kappa shape index (κ3) is 1.06. The summed E-state index contributed by atoms with van der Waals surface area (Å²) in [5.74, 6) is 0.878. The van der Waals surface area contributed by atoms with Crippen LogP contribution in [0.3, 0.4) is 0 Å². The minimum absolute atomic E-state index is 0.361. The molecule has 13 heavy (non-hydrogen) atoms. The van der Waals surface area contributed by atoms with Gasteiger partial charge in [0.25, 0.3) is 0 Å². The van der Waals surface area contributed by atoms with Gasteiger partial charge in [0, 0.05) is 18.4 Å². The summed E-state index contributed by atoms with van der Waals surface area (Å²) in [5, 5.41) is 3.41. The quantitative estimate of drug-likeness (QED) is 0.731. The van der Waals surface area contributed by atoms with Crippen LogP contribution in [0.4, 0.5) is 5.95 Å². The summed E-state index contributed by atoms with van der Waals surface area (Å²) in [6.45, 7) is 9.14. The first kappa shape index (κ1) is 8.60. The van der Waals surface area contributed by atoms with Gasteiger partial charge in [-0.25, -0.2) is 4.98 Å². The Morgan fingerprint density at radius 3 is 2.31 bits per heavy atom. The Morgan fingerprint density at radius 1 is 1.31 bits per heavy atom. The summed E-state index contributed by atoms with van der Waals surface area (Å²) in [7, 11) is 0. The van der Waals surface area contributed by atoms with E-state index in [0.29, 0.717) is 16.9 Å². The number of H-pyrrole nitrogens is 1. The first-order chi connectivity index (χ1) is 5.96. The molecule has 0 unspecified atom stereocenters. The Hall–Kier alpha value is -0.990. The van der Waals surface area contributed by atoms with Crippen LogP contribution in [-0.4, -0.2) is 16.0 Å². The topological polar surface area (TPSA) is 40.7 Å². The zero-order chi connectivity index (χ0) is 9.69. The predicted molar refractivity (Wildman–Crippen MR) is 53.6 cm³/mol. The van der Waals surface area contributed by atoms with Gasteiger partial charge >= 0.3 is 0 Å². The summed E-state index contributed by atoms with van der Waals surface area (Å²) < 4.78 is 0. The lowest BCUT2D eigenvalue weighted by atomic mass is 10.0. The molecule has 1 aromatic rings. The number of hydrogen-bond donors (Lipinski definition) is 2. The number of aromatic amines is 1. The van der Waals surface area contributed by atoms with Crippen molar-refractivity contribution in [2.24, 2.45) is 10.8 Å². The molecule has 0 spiro atoms. The first-order valence-corrected chi connectivity index (χ1v) is 4.72. The van der Waals surface area contributed by atoms with Crippen molar-refractivity contribution >= 4 is 5.95 Å². The zero-order valence-corrected chi connectivity index (χ0v) is 8.68. The van der Waals surface area contributed by atoms with E-state index in [1.807, 2.05) is 6.20 Å². The smallest absolute Gasteiger partial charge is 0.200 e. The fourth-order valence-electron chi connectivity index (χ4n) is 2.04. The van der Waals surface area contributed by atoms with E-state index in [-0.39, 0.29) is 0 Å². The average molecular weight is 179 g/mol. The van der Waals surface area contributed by atoms with Gasteiger partial charge in [-0.1, -0.05) is 27.7 Å². The molecule has 1 aromatic heterocycles. The molecule has 0 amide bonds. The van der Waals surface area contributed by atoms with E-state index in [4.69, 9.17) is 0 Å². The van der Waals surface area contributed by atoms with Gasteiger partial charge in [0.2, 0.25) is 0 Å². The SMILES string of the molecule is CC1(C)C(Nc2ncc[nH]2)C1(C)C. The molecule has 1 fully saturated rings. The Labute approximate surface area is 79.0 Å². The van der Waals surface area contributed by atoms with Crippen LogP contribution in [0.25, 0.3) is 0 Å². The molecule has 1 saturated carbocycles. The van der Waals surface area contributed by atoms with E-state index >= 15 is 0 Å². The van der Waals surface area contributed by atoms with Crippen molar-refractivity contribution in [2.45, 2.75) is 33.7 Å². The van der Waals surface area contributed by atoms with Crippen LogP contribution >= 0.6 is 0 Å². The molecule has 72 valence electrons. The van der Waals surface area contributed by atoms with Gasteiger partial charge in [0.15, 0.2) is 5.95 Å². The highest BCUT2D eigenvalue weighted by Gasteiger charge is 2.65. The van der Waals surface area contributed by atoms with Crippen LogP contribution in [0.5, 0.6) is 0 Å². The van der Waals surface area contributed by atoms with Crippen molar-refractivity contribution in [1.82, 2.24) is 9.97 Å². The third-order valence-electron chi connectivity index (χ3n) is 3.80. The van der Waals surface area contributed by atoms with Gasteiger partial charge in [-0.3, -0.25) is 0 Å². The summed E-state index contributed by atoms with van der Waals surface area (Å²) >= 11 is 0. The van der Waals surface area contributed by atoms with E-state index in [9.17, 15) is 0 Å². The molecule has 0 bridgehead atoms. The molecule has 1 heterocycles. The lowest BCUT2D eigenvalue weighted by Gasteiger charge is -2.03. The molecule has 0 saturated heterocycles. The predicted octanol–water partition coefficient (Wildman–Crippen LogP) is 2.26. The third-order valence-corrected chi connectivity index (χ3v) is 3.80.